The summed E-state index contributed by atoms with van der Waals surface area (Å²) in [5.41, 5.74) is 3.95. The Kier molecular flexibility index (Phi) is 5.33. The summed E-state index contributed by atoms with van der Waals surface area (Å²) in [6.45, 7) is 2.28. The number of hydrogen-bond acceptors (Lipinski definition) is 2. The first-order chi connectivity index (χ1) is 9.25. The molecule has 1 fully saturated rings. The van der Waals surface area contributed by atoms with Gasteiger partial charge in [0.25, 0.3) is 0 Å². The average Bonchev–Trinajstić information content (AvgIpc) is 2.43. The van der Waals surface area contributed by atoms with E-state index in [4.69, 9.17) is 12.2 Å². The summed E-state index contributed by atoms with van der Waals surface area (Å²) < 4.78 is 0. The van der Waals surface area contributed by atoms with Crippen LogP contribution in [0.2, 0.25) is 0 Å². The first kappa shape index (κ1) is 14.0. The van der Waals surface area contributed by atoms with E-state index in [-0.39, 0.29) is 0 Å². The molecule has 1 aromatic rings. The van der Waals surface area contributed by atoms with Crippen LogP contribution in [-0.2, 0) is 0 Å². The van der Waals surface area contributed by atoms with Crippen LogP contribution in [0.1, 0.15) is 38.2 Å². The Bertz CT molecular complexity index is 430. The van der Waals surface area contributed by atoms with E-state index in [0.29, 0.717) is 17.1 Å². The van der Waals surface area contributed by atoms with Crippen molar-refractivity contribution >= 4 is 23.5 Å². The first-order valence-corrected chi connectivity index (χ1v) is 7.31. The Balaban J connectivity index is 1.77. The van der Waals surface area contributed by atoms with Gasteiger partial charge in [-0.05, 0) is 36.5 Å². The zero-order valence-corrected chi connectivity index (χ0v) is 12.1. The molecular weight excluding hydrogens is 254 g/mol. The van der Waals surface area contributed by atoms with Crippen LogP contribution in [-0.4, -0.2) is 17.4 Å². The largest absolute Gasteiger partial charge is 0.358 e. The minimum Gasteiger partial charge on any atom is -0.358 e. The van der Waals surface area contributed by atoms with Gasteiger partial charge in [0.2, 0.25) is 0 Å². The molecule has 1 aliphatic carbocycles. The van der Waals surface area contributed by atoms with Crippen molar-refractivity contribution in [2.24, 2.45) is 11.0 Å². The molecule has 4 heteroatoms. The van der Waals surface area contributed by atoms with E-state index in [0.717, 1.165) is 5.56 Å². The van der Waals surface area contributed by atoms with Gasteiger partial charge in [0, 0.05) is 6.04 Å². The van der Waals surface area contributed by atoms with Gasteiger partial charge in [0.05, 0.1) is 6.21 Å². The maximum absolute atomic E-state index is 5.27. The smallest absolute Gasteiger partial charge is 0.187 e. The molecule has 0 bridgehead atoms. The van der Waals surface area contributed by atoms with E-state index in [1.807, 2.05) is 30.3 Å². The van der Waals surface area contributed by atoms with Crippen molar-refractivity contribution in [3.8, 4) is 0 Å². The quantitative estimate of drug-likeness (QED) is 0.506. The molecule has 1 aliphatic rings. The van der Waals surface area contributed by atoms with Gasteiger partial charge in [-0.1, -0.05) is 50.1 Å². The summed E-state index contributed by atoms with van der Waals surface area (Å²) in [5.74, 6) is 0.687. The Morgan fingerprint density at radius 1 is 1.26 bits per heavy atom. The van der Waals surface area contributed by atoms with Gasteiger partial charge in [0.1, 0.15) is 0 Å². The zero-order valence-electron chi connectivity index (χ0n) is 11.3. The highest BCUT2D eigenvalue weighted by atomic mass is 32.1. The topological polar surface area (TPSA) is 36.4 Å². The van der Waals surface area contributed by atoms with Gasteiger partial charge in [0.15, 0.2) is 5.11 Å². The molecule has 1 aromatic carbocycles. The third-order valence-corrected chi connectivity index (χ3v) is 3.82. The lowest BCUT2D eigenvalue weighted by molar-refractivity contribution is 0.308. The van der Waals surface area contributed by atoms with Gasteiger partial charge >= 0.3 is 0 Å². The molecular formula is C15H21N3S. The van der Waals surface area contributed by atoms with Crippen molar-refractivity contribution in [2.75, 3.05) is 0 Å². The zero-order chi connectivity index (χ0) is 13.5. The molecule has 0 heterocycles. The molecule has 0 radical (unpaired) electrons. The highest BCUT2D eigenvalue weighted by Crippen LogP contribution is 2.23. The van der Waals surface area contributed by atoms with Crippen LogP contribution in [0, 0.1) is 5.92 Å². The Morgan fingerprint density at radius 3 is 2.74 bits per heavy atom. The van der Waals surface area contributed by atoms with Gasteiger partial charge in [-0.15, -0.1) is 0 Å². The van der Waals surface area contributed by atoms with Crippen LogP contribution in [0.4, 0.5) is 0 Å². The van der Waals surface area contributed by atoms with Gasteiger partial charge in [-0.25, -0.2) is 0 Å². The fourth-order valence-corrected chi connectivity index (χ4v) is 2.64. The summed E-state index contributed by atoms with van der Waals surface area (Å²) in [5, 5.41) is 8.13. The molecule has 1 saturated carbocycles. The average molecular weight is 275 g/mol. The molecule has 19 heavy (non-hydrogen) atoms. The first-order valence-electron chi connectivity index (χ1n) is 6.90. The molecule has 0 amide bonds. The molecule has 2 atom stereocenters. The molecule has 0 unspecified atom stereocenters. The molecule has 2 N–H and O–H groups in total. The summed E-state index contributed by atoms with van der Waals surface area (Å²) in [6, 6.07) is 10.5. The predicted molar refractivity (Wildman–Crippen MR) is 84.3 cm³/mol. The second-order valence-electron chi connectivity index (χ2n) is 5.12. The van der Waals surface area contributed by atoms with Crippen molar-refractivity contribution in [2.45, 2.75) is 38.6 Å². The second-order valence-corrected chi connectivity index (χ2v) is 5.53. The van der Waals surface area contributed by atoms with Crippen molar-refractivity contribution in [1.29, 1.82) is 0 Å². The van der Waals surface area contributed by atoms with Crippen LogP contribution in [0.15, 0.2) is 35.4 Å². The standard InChI is InChI=1S/C15H21N3S/c1-12-7-5-6-10-14(12)17-15(19)18-16-11-13-8-3-2-4-9-13/h2-4,8-9,11-12,14H,5-7,10H2,1H3,(H2,17,18,19)/b16-11-/t12-,14+/m1/s1. The number of hydrogen-bond donors (Lipinski definition) is 2. The van der Waals surface area contributed by atoms with Gasteiger partial charge in [-0.2, -0.15) is 5.10 Å². The second kappa shape index (κ2) is 7.24. The van der Waals surface area contributed by atoms with E-state index in [2.05, 4.69) is 22.8 Å². The van der Waals surface area contributed by atoms with E-state index in [1.165, 1.54) is 25.7 Å². The van der Waals surface area contributed by atoms with Crippen molar-refractivity contribution < 1.29 is 0 Å². The van der Waals surface area contributed by atoms with Gasteiger partial charge < -0.3 is 5.32 Å². The summed E-state index contributed by atoms with van der Waals surface area (Å²) in [7, 11) is 0. The van der Waals surface area contributed by atoms with Crippen molar-refractivity contribution in [3.05, 3.63) is 35.9 Å². The number of nitrogens with one attached hydrogen (secondary N) is 2. The molecule has 2 rings (SSSR count). The molecule has 102 valence electrons. The number of benzene rings is 1. The van der Waals surface area contributed by atoms with Crippen LogP contribution < -0.4 is 10.7 Å². The molecule has 0 saturated heterocycles. The van der Waals surface area contributed by atoms with Crippen LogP contribution >= 0.6 is 12.2 Å². The number of hydrazone groups is 1. The van der Waals surface area contributed by atoms with E-state index < -0.39 is 0 Å². The van der Waals surface area contributed by atoms with E-state index in [9.17, 15) is 0 Å². The van der Waals surface area contributed by atoms with Crippen molar-refractivity contribution in [1.82, 2.24) is 10.7 Å². The fourth-order valence-electron chi connectivity index (χ4n) is 2.44. The van der Waals surface area contributed by atoms with Crippen LogP contribution in [0.25, 0.3) is 0 Å². The lowest BCUT2D eigenvalue weighted by Crippen LogP contribution is -2.44. The number of thiocarbonyl (C=S) groups is 1. The normalized spacial score (nSPS) is 23.2. The molecule has 3 nitrogen and oxygen atoms in total. The van der Waals surface area contributed by atoms with Crippen LogP contribution in [0.5, 0.6) is 0 Å². The third kappa shape index (κ3) is 4.63. The molecule has 0 spiro atoms. The monoisotopic (exact) mass is 275 g/mol. The SMILES string of the molecule is C[C@@H]1CCCC[C@@H]1NC(=S)N/N=C\c1ccccc1. The van der Waals surface area contributed by atoms with E-state index in [1.54, 1.807) is 6.21 Å². The minimum atomic E-state index is 0.487. The number of rotatable bonds is 3. The third-order valence-electron chi connectivity index (χ3n) is 3.61. The molecule has 0 aromatic heterocycles. The van der Waals surface area contributed by atoms with Crippen molar-refractivity contribution in [3.63, 3.8) is 0 Å². The Morgan fingerprint density at radius 2 is 2.00 bits per heavy atom. The predicted octanol–water partition coefficient (Wildman–Crippen LogP) is 3.06. The molecule has 0 aliphatic heterocycles. The number of nitrogens with zero attached hydrogens (tertiary/aromatic N) is 1. The minimum absolute atomic E-state index is 0.487. The summed E-state index contributed by atoms with van der Waals surface area (Å²) in [6.07, 6.45) is 6.89. The van der Waals surface area contributed by atoms with Crippen LogP contribution in [0.3, 0.4) is 0 Å². The highest BCUT2D eigenvalue weighted by molar-refractivity contribution is 7.80. The van der Waals surface area contributed by atoms with E-state index >= 15 is 0 Å². The summed E-state index contributed by atoms with van der Waals surface area (Å²) in [4.78, 5) is 0. The fraction of sp³-hybridized carbons (Fsp3) is 0.467. The maximum atomic E-state index is 5.27. The Hall–Kier alpha value is -1.42. The lowest BCUT2D eigenvalue weighted by Gasteiger charge is -2.30. The maximum Gasteiger partial charge on any atom is 0.187 e. The van der Waals surface area contributed by atoms with Gasteiger partial charge in [-0.3, -0.25) is 5.43 Å². The Labute approximate surface area is 120 Å². The lowest BCUT2D eigenvalue weighted by atomic mass is 9.86. The highest BCUT2D eigenvalue weighted by Gasteiger charge is 2.21. The summed E-state index contributed by atoms with van der Waals surface area (Å²) >= 11 is 5.27.